The number of pyridine rings is 2. The molecule has 2 aromatic rings. The maximum Gasteiger partial charge on any atom is 0.259 e. The van der Waals surface area contributed by atoms with Gasteiger partial charge in [-0.25, -0.2) is 0 Å². The average Bonchev–Trinajstić information content (AvgIpc) is 2.15. The highest BCUT2D eigenvalue weighted by Gasteiger charge is 1.97. The van der Waals surface area contributed by atoms with Gasteiger partial charge in [0.15, 0.2) is 0 Å². The van der Waals surface area contributed by atoms with Crippen molar-refractivity contribution in [3.8, 4) is 0 Å². The fourth-order valence-corrected chi connectivity index (χ4v) is 1.11. The second-order valence-corrected chi connectivity index (χ2v) is 2.61. The van der Waals surface area contributed by atoms with E-state index >= 15 is 0 Å². The van der Waals surface area contributed by atoms with Crippen LogP contribution < -0.4 is 5.56 Å². The summed E-state index contributed by atoms with van der Waals surface area (Å²) < 4.78 is 9.01. The van der Waals surface area contributed by atoms with Crippen LogP contribution in [0.15, 0.2) is 35.5 Å². The molecule has 0 bridgehead atoms. The zero-order chi connectivity index (χ0) is 9.42. The maximum absolute atomic E-state index is 11.5. The molecule has 0 N–H and O–H groups in total. The molecule has 2 aromatic heterocycles. The van der Waals surface area contributed by atoms with Crippen LogP contribution in [-0.2, 0) is 7.05 Å². The number of aryl methyl sites for hydroxylation is 1. The first-order valence-corrected chi connectivity index (χ1v) is 3.60. The quantitative estimate of drug-likeness (QED) is 0.576. The van der Waals surface area contributed by atoms with Crippen molar-refractivity contribution in [2.45, 2.75) is 0 Å². The van der Waals surface area contributed by atoms with Crippen molar-refractivity contribution in [2.24, 2.45) is 7.05 Å². The molecule has 0 atom stereocenters. The molecule has 0 radical (unpaired) electrons. The van der Waals surface area contributed by atoms with Crippen LogP contribution >= 0.6 is 0 Å². The molecular formula is C9H8N2O. The Kier molecular flexibility index (Phi) is 1.21. The van der Waals surface area contributed by atoms with Gasteiger partial charge in [-0.2, -0.15) is 0 Å². The highest BCUT2D eigenvalue weighted by molar-refractivity contribution is 5.79. The minimum atomic E-state index is -0.112. The van der Waals surface area contributed by atoms with Crippen LogP contribution in [0, 0.1) is 0 Å². The summed E-state index contributed by atoms with van der Waals surface area (Å²) in [5, 5.41) is 1.15. The molecule has 0 aliphatic rings. The summed E-state index contributed by atoms with van der Waals surface area (Å²) in [4.78, 5) is 15.4. The summed E-state index contributed by atoms with van der Waals surface area (Å²) in [6.07, 6.45) is 4.58. The second-order valence-electron chi connectivity index (χ2n) is 2.61. The van der Waals surface area contributed by atoms with Crippen LogP contribution in [0.5, 0.6) is 0 Å². The van der Waals surface area contributed by atoms with E-state index in [4.69, 9.17) is 1.37 Å². The van der Waals surface area contributed by atoms with Crippen LogP contribution in [0.3, 0.4) is 0 Å². The SMILES string of the molecule is [2H]c1cn(C)c(=O)c2cnccc12. The van der Waals surface area contributed by atoms with E-state index in [1.165, 1.54) is 17.0 Å². The summed E-state index contributed by atoms with van der Waals surface area (Å²) in [6.45, 7) is 0. The zero-order valence-electron chi connectivity index (χ0n) is 7.61. The molecule has 3 nitrogen and oxygen atoms in total. The van der Waals surface area contributed by atoms with Gasteiger partial charge in [-0.15, -0.1) is 0 Å². The lowest BCUT2D eigenvalue weighted by Crippen LogP contribution is -2.15. The van der Waals surface area contributed by atoms with Crippen molar-refractivity contribution in [1.29, 1.82) is 0 Å². The lowest BCUT2D eigenvalue weighted by molar-refractivity contribution is 0.872. The summed E-state index contributed by atoms with van der Waals surface area (Å²) in [5.74, 6) is 0. The Morgan fingerprint density at radius 3 is 3.33 bits per heavy atom. The van der Waals surface area contributed by atoms with Gasteiger partial charge in [0.25, 0.3) is 5.56 Å². The average molecular weight is 161 g/mol. The third kappa shape index (κ3) is 0.906. The standard InChI is InChI=1S/C9H8N2O/c1-11-5-3-7-2-4-10-6-8(7)9(11)12/h2-6H,1H3/i3D. The Bertz CT molecular complexity index is 518. The topological polar surface area (TPSA) is 34.9 Å². The fourth-order valence-electron chi connectivity index (χ4n) is 1.11. The van der Waals surface area contributed by atoms with Crippen LogP contribution in [-0.4, -0.2) is 9.55 Å². The number of nitrogens with zero attached hydrogens (tertiary/aromatic N) is 2. The Morgan fingerprint density at radius 1 is 1.67 bits per heavy atom. The van der Waals surface area contributed by atoms with E-state index in [2.05, 4.69) is 4.98 Å². The van der Waals surface area contributed by atoms with Crippen molar-refractivity contribution in [3.05, 3.63) is 41.1 Å². The van der Waals surface area contributed by atoms with E-state index in [1.54, 1.807) is 19.3 Å². The molecule has 3 heteroatoms. The van der Waals surface area contributed by atoms with E-state index in [1.807, 2.05) is 0 Å². The first-order chi connectivity index (χ1) is 6.20. The minimum Gasteiger partial charge on any atom is -0.318 e. The van der Waals surface area contributed by atoms with Crippen LogP contribution in [0.4, 0.5) is 0 Å². The number of fused-ring (bicyclic) bond motifs is 1. The van der Waals surface area contributed by atoms with Gasteiger partial charge in [0.1, 0.15) is 0 Å². The molecule has 12 heavy (non-hydrogen) atoms. The Labute approximate surface area is 70.7 Å². The molecule has 0 aliphatic carbocycles. The lowest BCUT2D eigenvalue weighted by atomic mass is 10.2. The third-order valence-electron chi connectivity index (χ3n) is 1.79. The van der Waals surface area contributed by atoms with Crippen molar-refractivity contribution >= 4 is 10.8 Å². The van der Waals surface area contributed by atoms with Gasteiger partial charge in [-0.05, 0) is 17.5 Å². The molecule has 0 saturated carbocycles. The summed E-state index contributed by atoms with van der Waals surface area (Å²) in [5.41, 5.74) is -0.112. The number of hydrogen-bond acceptors (Lipinski definition) is 2. The molecule has 0 fully saturated rings. The van der Waals surface area contributed by atoms with E-state index in [0.717, 1.165) is 0 Å². The lowest BCUT2D eigenvalue weighted by Gasteiger charge is -1.98. The monoisotopic (exact) mass is 161 g/mol. The van der Waals surface area contributed by atoms with Gasteiger partial charge in [-0.3, -0.25) is 9.78 Å². The van der Waals surface area contributed by atoms with Crippen molar-refractivity contribution in [1.82, 2.24) is 9.55 Å². The molecule has 0 spiro atoms. The third-order valence-corrected chi connectivity index (χ3v) is 1.79. The minimum absolute atomic E-state index is 0.112. The normalized spacial score (nSPS) is 11.6. The van der Waals surface area contributed by atoms with Gasteiger partial charge in [0.2, 0.25) is 0 Å². The first kappa shape index (κ1) is 5.94. The van der Waals surface area contributed by atoms with E-state index in [-0.39, 0.29) is 5.56 Å². The van der Waals surface area contributed by atoms with Crippen LogP contribution in [0.25, 0.3) is 10.8 Å². The highest BCUT2D eigenvalue weighted by atomic mass is 16.1. The van der Waals surface area contributed by atoms with Gasteiger partial charge in [-0.1, -0.05) is 0 Å². The van der Waals surface area contributed by atoms with Gasteiger partial charge < -0.3 is 4.57 Å². The van der Waals surface area contributed by atoms with Crippen molar-refractivity contribution < 1.29 is 1.37 Å². The Balaban J connectivity index is 3.06. The Morgan fingerprint density at radius 2 is 2.50 bits per heavy atom. The van der Waals surface area contributed by atoms with Gasteiger partial charge in [0, 0.05) is 25.6 Å². The number of hydrogen-bond donors (Lipinski definition) is 0. The van der Waals surface area contributed by atoms with E-state index in [9.17, 15) is 4.79 Å². The fraction of sp³-hybridized carbons (Fsp3) is 0.111. The van der Waals surface area contributed by atoms with Crippen molar-refractivity contribution in [3.63, 3.8) is 0 Å². The number of rotatable bonds is 0. The predicted octanol–water partition coefficient (Wildman–Crippen LogP) is 0.933. The van der Waals surface area contributed by atoms with E-state index < -0.39 is 0 Å². The van der Waals surface area contributed by atoms with Gasteiger partial charge in [0.05, 0.1) is 6.76 Å². The molecule has 0 saturated heterocycles. The molecule has 0 unspecified atom stereocenters. The summed E-state index contributed by atoms with van der Waals surface area (Å²) in [6, 6.07) is 2.03. The zero-order valence-corrected chi connectivity index (χ0v) is 6.61. The molecule has 2 heterocycles. The van der Waals surface area contributed by atoms with Crippen LogP contribution in [0.2, 0.25) is 0 Å². The molecule has 0 amide bonds. The second kappa shape index (κ2) is 2.44. The van der Waals surface area contributed by atoms with Crippen molar-refractivity contribution in [2.75, 3.05) is 0 Å². The molecule has 0 aliphatic heterocycles. The largest absolute Gasteiger partial charge is 0.318 e. The van der Waals surface area contributed by atoms with Crippen LogP contribution in [0.1, 0.15) is 1.37 Å². The Hall–Kier alpha value is -1.64. The smallest absolute Gasteiger partial charge is 0.259 e. The summed E-state index contributed by atoms with van der Waals surface area (Å²) >= 11 is 0. The first-order valence-electron chi connectivity index (χ1n) is 4.10. The molecule has 2 rings (SSSR count). The summed E-state index contributed by atoms with van der Waals surface area (Å²) in [7, 11) is 1.63. The molecule has 60 valence electrons. The number of aromatic nitrogens is 2. The molecule has 0 aromatic carbocycles. The highest BCUT2D eigenvalue weighted by Crippen LogP contribution is 2.04. The van der Waals surface area contributed by atoms with Gasteiger partial charge >= 0.3 is 0 Å². The predicted molar refractivity (Wildman–Crippen MR) is 47.0 cm³/mol. The maximum atomic E-state index is 11.5. The molecular weight excluding hydrogens is 152 g/mol. The van der Waals surface area contributed by atoms with E-state index in [0.29, 0.717) is 16.8 Å².